The molecule has 1 aliphatic carbocycles. The Morgan fingerprint density at radius 2 is 1.78 bits per heavy atom. The second-order valence-electron chi connectivity index (χ2n) is 5.62. The summed E-state index contributed by atoms with van der Waals surface area (Å²) < 4.78 is 37.9. The minimum atomic E-state index is -4.02. The van der Waals surface area contributed by atoms with Crippen molar-refractivity contribution in [2.24, 2.45) is 5.92 Å². The van der Waals surface area contributed by atoms with Crippen molar-refractivity contribution in [1.82, 2.24) is 10.2 Å². The van der Waals surface area contributed by atoms with Crippen LogP contribution in [0.1, 0.15) is 38.5 Å². The summed E-state index contributed by atoms with van der Waals surface area (Å²) in [5.74, 6) is -1.11. The molecular formula is C13H23F3N2. The van der Waals surface area contributed by atoms with Gasteiger partial charge in [-0.2, -0.15) is 13.2 Å². The van der Waals surface area contributed by atoms with Gasteiger partial charge in [0.2, 0.25) is 0 Å². The second kappa shape index (κ2) is 6.24. The summed E-state index contributed by atoms with van der Waals surface area (Å²) in [6.45, 7) is 2.59. The predicted octanol–water partition coefficient (Wildman–Crippen LogP) is 2.79. The molecule has 1 atom stereocenters. The molecule has 2 aliphatic rings. The molecule has 0 bridgehead atoms. The lowest BCUT2D eigenvalue weighted by Crippen LogP contribution is -2.44. The number of piperidine rings is 1. The summed E-state index contributed by atoms with van der Waals surface area (Å²) in [6, 6.07) is 0.605. The molecule has 18 heavy (non-hydrogen) atoms. The van der Waals surface area contributed by atoms with E-state index in [9.17, 15) is 13.2 Å². The van der Waals surface area contributed by atoms with Crippen molar-refractivity contribution < 1.29 is 13.2 Å². The lowest BCUT2D eigenvalue weighted by atomic mass is 9.97. The van der Waals surface area contributed by atoms with Gasteiger partial charge in [-0.05, 0) is 32.2 Å². The molecule has 1 heterocycles. The maximum absolute atomic E-state index is 12.6. The van der Waals surface area contributed by atoms with Crippen LogP contribution in [0.2, 0.25) is 0 Å². The molecule has 1 N–H and O–H groups in total. The van der Waals surface area contributed by atoms with Crippen LogP contribution in [0.15, 0.2) is 0 Å². The van der Waals surface area contributed by atoms with Gasteiger partial charge in [0, 0.05) is 25.7 Å². The van der Waals surface area contributed by atoms with Crippen molar-refractivity contribution in [2.45, 2.75) is 50.7 Å². The van der Waals surface area contributed by atoms with Crippen LogP contribution >= 0.6 is 0 Å². The first kappa shape index (κ1) is 14.1. The highest BCUT2D eigenvalue weighted by Gasteiger charge is 2.41. The van der Waals surface area contributed by atoms with Crippen LogP contribution in [0, 0.1) is 5.92 Å². The minimum Gasteiger partial charge on any atom is -0.313 e. The Bertz CT molecular complexity index is 249. The molecule has 2 fully saturated rings. The van der Waals surface area contributed by atoms with Crippen LogP contribution in [-0.2, 0) is 0 Å². The molecule has 0 radical (unpaired) electrons. The molecule has 106 valence electrons. The Morgan fingerprint density at radius 3 is 2.44 bits per heavy atom. The topological polar surface area (TPSA) is 15.3 Å². The summed E-state index contributed by atoms with van der Waals surface area (Å²) in [5.41, 5.74) is 0. The smallest absolute Gasteiger partial charge is 0.313 e. The molecule has 5 heteroatoms. The van der Waals surface area contributed by atoms with E-state index < -0.39 is 12.1 Å². The highest BCUT2D eigenvalue weighted by molar-refractivity contribution is 4.79. The molecule has 0 aromatic rings. The summed E-state index contributed by atoms with van der Waals surface area (Å²) in [5, 5.41) is 3.46. The molecule has 2 nitrogen and oxygen atoms in total. The van der Waals surface area contributed by atoms with Crippen LogP contribution in [0.25, 0.3) is 0 Å². The fourth-order valence-corrected chi connectivity index (χ4v) is 3.08. The average molecular weight is 264 g/mol. The Balaban J connectivity index is 1.66. The Hall–Kier alpha value is -0.290. The van der Waals surface area contributed by atoms with Crippen molar-refractivity contribution in [3.8, 4) is 0 Å². The zero-order valence-electron chi connectivity index (χ0n) is 10.8. The molecule has 0 spiro atoms. The summed E-state index contributed by atoms with van der Waals surface area (Å²) >= 11 is 0. The van der Waals surface area contributed by atoms with Crippen molar-refractivity contribution in [1.29, 1.82) is 0 Å². The van der Waals surface area contributed by atoms with Crippen LogP contribution < -0.4 is 5.32 Å². The standard InChI is InChI=1S/C13H23F3N2/c14-13(15,16)11-4-3-8-18(10-11)9-7-17-12-5-1-2-6-12/h11-12,17H,1-10H2. The number of nitrogens with zero attached hydrogens (tertiary/aromatic N) is 1. The van der Waals surface area contributed by atoms with Gasteiger partial charge in [0.1, 0.15) is 0 Å². The fraction of sp³-hybridized carbons (Fsp3) is 1.00. The third-order valence-corrected chi connectivity index (χ3v) is 4.18. The maximum Gasteiger partial charge on any atom is 0.393 e. The molecule has 2 rings (SSSR count). The first-order valence-electron chi connectivity index (χ1n) is 7.08. The third-order valence-electron chi connectivity index (χ3n) is 4.18. The Labute approximate surface area is 107 Å². The maximum atomic E-state index is 12.6. The highest BCUT2D eigenvalue weighted by Crippen LogP contribution is 2.32. The van der Waals surface area contributed by atoms with E-state index >= 15 is 0 Å². The normalized spacial score (nSPS) is 27.8. The van der Waals surface area contributed by atoms with Gasteiger partial charge in [-0.1, -0.05) is 12.8 Å². The van der Waals surface area contributed by atoms with Crippen LogP contribution in [0.5, 0.6) is 0 Å². The van der Waals surface area contributed by atoms with E-state index in [0.29, 0.717) is 18.9 Å². The van der Waals surface area contributed by atoms with Gasteiger partial charge in [-0.3, -0.25) is 0 Å². The van der Waals surface area contributed by atoms with Crippen LogP contribution in [0.3, 0.4) is 0 Å². The zero-order valence-corrected chi connectivity index (χ0v) is 10.8. The molecule has 0 aromatic carbocycles. The number of halogens is 3. The molecular weight excluding hydrogens is 241 g/mol. The zero-order chi connectivity index (χ0) is 13.0. The van der Waals surface area contributed by atoms with Gasteiger partial charge in [0.15, 0.2) is 0 Å². The molecule has 1 saturated carbocycles. The summed E-state index contributed by atoms with van der Waals surface area (Å²) in [4.78, 5) is 1.96. The number of hydrogen-bond donors (Lipinski definition) is 1. The highest BCUT2D eigenvalue weighted by atomic mass is 19.4. The minimum absolute atomic E-state index is 0.190. The van der Waals surface area contributed by atoms with E-state index in [2.05, 4.69) is 5.32 Å². The van der Waals surface area contributed by atoms with Crippen molar-refractivity contribution in [3.05, 3.63) is 0 Å². The third kappa shape index (κ3) is 4.12. The van der Waals surface area contributed by atoms with E-state index in [1.54, 1.807) is 0 Å². The van der Waals surface area contributed by atoms with Gasteiger partial charge < -0.3 is 10.2 Å². The van der Waals surface area contributed by atoms with Gasteiger partial charge in [0.25, 0.3) is 0 Å². The lowest BCUT2D eigenvalue weighted by Gasteiger charge is -2.33. The monoisotopic (exact) mass is 264 g/mol. The van der Waals surface area contributed by atoms with Gasteiger partial charge in [-0.25, -0.2) is 0 Å². The quantitative estimate of drug-likeness (QED) is 0.840. The molecule has 0 aromatic heterocycles. The van der Waals surface area contributed by atoms with E-state index in [1.165, 1.54) is 25.7 Å². The summed E-state index contributed by atoms with van der Waals surface area (Å²) in [6.07, 6.45) is 1.99. The largest absolute Gasteiger partial charge is 0.393 e. The van der Waals surface area contributed by atoms with Crippen LogP contribution in [0.4, 0.5) is 13.2 Å². The molecule has 0 amide bonds. The first-order chi connectivity index (χ1) is 8.55. The molecule has 1 unspecified atom stereocenters. The number of alkyl halides is 3. The van der Waals surface area contributed by atoms with Crippen molar-refractivity contribution >= 4 is 0 Å². The fourth-order valence-electron chi connectivity index (χ4n) is 3.08. The van der Waals surface area contributed by atoms with E-state index in [4.69, 9.17) is 0 Å². The number of rotatable bonds is 4. The Morgan fingerprint density at radius 1 is 1.06 bits per heavy atom. The van der Waals surface area contributed by atoms with E-state index in [1.807, 2.05) is 4.90 Å². The molecule has 1 saturated heterocycles. The van der Waals surface area contributed by atoms with Gasteiger partial charge in [-0.15, -0.1) is 0 Å². The number of hydrogen-bond acceptors (Lipinski definition) is 2. The van der Waals surface area contributed by atoms with Crippen molar-refractivity contribution in [2.75, 3.05) is 26.2 Å². The number of likely N-dealkylation sites (tertiary alicyclic amines) is 1. The van der Waals surface area contributed by atoms with E-state index in [-0.39, 0.29) is 6.54 Å². The summed E-state index contributed by atoms with van der Waals surface area (Å²) in [7, 11) is 0. The van der Waals surface area contributed by atoms with Gasteiger partial charge >= 0.3 is 6.18 Å². The SMILES string of the molecule is FC(F)(F)C1CCCN(CCNC2CCCC2)C1. The van der Waals surface area contributed by atoms with Crippen molar-refractivity contribution in [3.63, 3.8) is 0 Å². The first-order valence-corrected chi connectivity index (χ1v) is 7.08. The lowest BCUT2D eigenvalue weighted by molar-refractivity contribution is -0.186. The second-order valence-corrected chi connectivity index (χ2v) is 5.62. The number of nitrogens with one attached hydrogen (secondary N) is 1. The predicted molar refractivity (Wildman–Crippen MR) is 65.5 cm³/mol. The Kier molecular flexibility index (Phi) is 4.90. The van der Waals surface area contributed by atoms with Crippen LogP contribution in [-0.4, -0.2) is 43.3 Å². The van der Waals surface area contributed by atoms with E-state index in [0.717, 1.165) is 19.6 Å². The average Bonchev–Trinajstić information content (AvgIpc) is 2.81. The molecule has 1 aliphatic heterocycles. The van der Waals surface area contributed by atoms with Gasteiger partial charge in [0.05, 0.1) is 5.92 Å².